The van der Waals surface area contributed by atoms with Gasteiger partial charge >= 0.3 is 0 Å². The molecule has 130 valence electrons. The minimum atomic E-state index is -0.173. The van der Waals surface area contributed by atoms with Crippen LogP contribution >= 0.6 is 0 Å². The highest BCUT2D eigenvalue weighted by Crippen LogP contribution is 2.15. The lowest BCUT2D eigenvalue weighted by atomic mass is 10.1. The van der Waals surface area contributed by atoms with Crippen molar-refractivity contribution >= 4 is 17.5 Å². The second kappa shape index (κ2) is 7.49. The number of para-hydroxylation sites is 1. The van der Waals surface area contributed by atoms with E-state index in [0.717, 1.165) is 37.4 Å². The molecule has 25 heavy (non-hydrogen) atoms. The van der Waals surface area contributed by atoms with Crippen LogP contribution in [0.15, 0.2) is 48.5 Å². The summed E-state index contributed by atoms with van der Waals surface area (Å²) >= 11 is 0. The third kappa shape index (κ3) is 4.06. The molecule has 5 nitrogen and oxygen atoms in total. The molecule has 1 aliphatic heterocycles. The highest BCUT2D eigenvalue weighted by Gasteiger charge is 2.20. The molecule has 0 unspecified atom stereocenters. The molecule has 0 aliphatic carbocycles. The van der Waals surface area contributed by atoms with E-state index in [0.29, 0.717) is 11.1 Å². The van der Waals surface area contributed by atoms with Crippen molar-refractivity contribution in [2.75, 3.05) is 38.5 Å². The van der Waals surface area contributed by atoms with Crippen LogP contribution in [0.1, 0.15) is 26.3 Å². The fourth-order valence-corrected chi connectivity index (χ4v) is 2.86. The number of amides is 2. The molecular weight excluding hydrogens is 314 g/mol. The van der Waals surface area contributed by atoms with Gasteiger partial charge in [-0.25, -0.2) is 0 Å². The van der Waals surface area contributed by atoms with Crippen molar-refractivity contribution in [3.05, 3.63) is 65.2 Å². The van der Waals surface area contributed by atoms with Crippen molar-refractivity contribution in [3.8, 4) is 0 Å². The maximum Gasteiger partial charge on any atom is 0.255 e. The number of carbonyl (C=O) groups is 2. The van der Waals surface area contributed by atoms with Crippen LogP contribution in [0.4, 0.5) is 5.69 Å². The molecule has 2 amide bonds. The van der Waals surface area contributed by atoms with Crippen LogP contribution in [0.3, 0.4) is 0 Å². The van der Waals surface area contributed by atoms with Gasteiger partial charge in [0.15, 0.2) is 0 Å². The molecular formula is C20H23N3O2. The Hall–Kier alpha value is -2.66. The predicted molar refractivity (Wildman–Crippen MR) is 99.0 cm³/mol. The maximum atomic E-state index is 12.5. The lowest BCUT2D eigenvalue weighted by molar-refractivity contribution is 0.0664. The van der Waals surface area contributed by atoms with Crippen LogP contribution in [0.2, 0.25) is 0 Å². The lowest BCUT2D eigenvalue weighted by Crippen LogP contribution is -2.47. The summed E-state index contributed by atoms with van der Waals surface area (Å²) in [4.78, 5) is 29.0. The Bertz CT molecular complexity index is 763. The molecule has 1 aliphatic rings. The standard InChI is InChI=1S/C20H23N3O2/c1-15-5-3-4-6-18(15)21-19(24)16-7-9-17(10-8-16)20(25)23-13-11-22(2)12-14-23/h3-10H,11-14H2,1-2H3,(H,21,24). The number of piperazine rings is 1. The van der Waals surface area contributed by atoms with Gasteiger partial charge in [0.2, 0.25) is 0 Å². The topological polar surface area (TPSA) is 52.7 Å². The summed E-state index contributed by atoms with van der Waals surface area (Å²) in [7, 11) is 2.06. The van der Waals surface area contributed by atoms with Crippen LogP contribution in [0.5, 0.6) is 0 Å². The first-order valence-electron chi connectivity index (χ1n) is 8.49. The molecule has 2 aromatic rings. The molecule has 0 spiro atoms. The maximum absolute atomic E-state index is 12.5. The fraction of sp³-hybridized carbons (Fsp3) is 0.300. The Labute approximate surface area is 148 Å². The van der Waals surface area contributed by atoms with Crippen molar-refractivity contribution in [1.29, 1.82) is 0 Å². The largest absolute Gasteiger partial charge is 0.336 e. The van der Waals surface area contributed by atoms with Crippen LogP contribution in [-0.4, -0.2) is 54.8 Å². The molecule has 2 aromatic carbocycles. The number of likely N-dealkylation sites (N-methyl/N-ethyl adjacent to an activating group) is 1. The number of aryl methyl sites for hydroxylation is 1. The van der Waals surface area contributed by atoms with Gasteiger partial charge in [-0.1, -0.05) is 18.2 Å². The minimum Gasteiger partial charge on any atom is -0.336 e. The fourth-order valence-electron chi connectivity index (χ4n) is 2.86. The number of nitrogens with one attached hydrogen (secondary N) is 1. The van der Waals surface area contributed by atoms with Crippen molar-refractivity contribution in [1.82, 2.24) is 9.80 Å². The third-order valence-corrected chi connectivity index (χ3v) is 4.58. The predicted octanol–water partition coefficient (Wildman–Crippen LogP) is 2.63. The number of nitrogens with zero attached hydrogens (tertiary/aromatic N) is 2. The molecule has 0 radical (unpaired) electrons. The zero-order valence-corrected chi connectivity index (χ0v) is 14.7. The van der Waals surface area contributed by atoms with Gasteiger partial charge in [-0.2, -0.15) is 0 Å². The van der Waals surface area contributed by atoms with Crippen molar-refractivity contribution in [2.45, 2.75) is 6.92 Å². The molecule has 1 fully saturated rings. The van der Waals surface area contributed by atoms with Crippen LogP contribution in [0, 0.1) is 6.92 Å². The summed E-state index contributed by atoms with van der Waals surface area (Å²) < 4.78 is 0. The van der Waals surface area contributed by atoms with Crippen LogP contribution in [-0.2, 0) is 0 Å². The van der Waals surface area contributed by atoms with E-state index in [1.807, 2.05) is 36.1 Å². The van der Waals surface area contributed by atoms with Gasteiger partial charge < -0.3 is 15.1 Å². The van der Waals surface area contributed by atoms with E-state index in [1.165, 1.54) is 0 Å². The monoisotopic (exact) mass is 337 g/mol. The average Bonchev–Trinajstić information content (AvgIpc) is 2.64. The third-order valence-electron chi connectivity index (χ3n) is 4.58. The highest BCUT2D eigenvalue weighted by molar-refractivity contribution is 6.05. The highest BCUT2D eigenvalue weighted by atomic mass is 16.2. The second-order valence-electron chi connectivity index (χ2n) is 6.44. The van der Waals surface area contributed by atoms with Crippen LogP contribution < -0.4 is 5.32 Å². The first-order valence-corrected chi connectivity index (χ1v) is 8.49. The minimum absolute atomic E-state index is 0.0268. The van der Waals surface area contributed by atoms with Crippen LogP contribution in [0.25, 0.3) is 0 Å². The van der Waals surface area contributed by atoms with Gasteiger partial charge in [-0.05, 0) is 49.9 Å². The molecule has 0 saturated carbocycles. The molecule has 5 heteroatoms. The summed E-state index contributed by atoms with van der Waals surface area (Å²) in [5, 5.41) is 2.90. The van der Waals surface area contributed by atoms with E-state index < -0.39 is 0 Å². The van der Waals surface area contributed by atoms with Gasteiger partial charge in [0.05, 0.1) is 0 Å². The first kappa shape index (κ1) is 17.2. The molecule has 1 heterocycles. The number of hydrogen-bond donors (Lipinski definition) is 1. The average molecular weight is 337 g/mol. The van der Waals surface area contributed by atoms with Gasteiger partial charge in [0.25, 0.3) is 11.8 Å². The molecule has 0 bridgehead atoms. The van der Waals surface area contributed by atoms with E-state index in [9.17, 15) is 9.59 Å². The van der Waals surface area contributed by atoms with Crippen molar-refractivity contribution < 1.29 is 9.59 Å². The zero-order chi connectivity index (χ0) is 17.8. The van der Waals surface area contributed by atoms with Gasteiger partial charge in [-0.3, -0.25) is 9.59 Å². The quantitative estimate of drug-likeness (QED) is 0.937. The summed E-state index contributed by atoms with van der Waals surface area (Å²) in [6.45, 7) is 5.22. The molecule has 0 atom stereocenters. The molecule has 0 aromatic heterocycles. The Morgan fingerprint density at radius 3 is 2.12 bits per heavy atom. The normalized spacial score (nSPS) is 15.0. The SMILES string of the molecule is Cc1ccccc1NC(=O)c1ccc(C(=O)N2CCN(C)CC2)cc1. The lowest BCUT2D eigenvalue weighted by Gasteiger charge is -2.32. The number of hydrogen-bond acceptors (Lipinski definition) is 3. The summed E-state index contributed by atoms with van der Waals surface area (Å²) in [5.41, 5.74) is 2.97. The summed E-state index contributed by atoms with van der Waals surface area (Å²) in [6, 6.07) is 14.5. The van der Waals surface area contributed by atoms with Crippen molar-refractivity contribution in [2.24, 2.45) is 0 Å². The first-order chi connectivity index (χ1) is 12.0. The Morgan fingerprint density at radius 1 is 0.880 bits per heavy atom. The van der Waals surface area contributed by atoms with E-state index in [1.54, 1.807) is 24.3 Å². The number of rotatable bonds is 3. The number of anilines is 1. The Morgan fingerprint density at radius 2 is 1.48 bits per heavy atom. The molecule has 3 rings (SSSR count). The van der Waals surface area contributed by atoms with E-state index >= 15 is 0 Å². The van der Waals surface area contributed by atoms with Gasteiger partial charge in [-0.15, -0.1) is 0 Å². The van der Waals surface area contributed by atoms with E-state index in [2.05, 4.69) is 17.3 Å². The molecule has 1 N–H and O–H groups in total. The summed E-state index contributed by atoms with van der Waals surface area (Å²) in [6.07, 6.45) is 0. The van der Waals surface area contributed by atoms with Gasteiger partial charge in [0, 0.05) is 43.0 Å². The zero-order valence-electron chi connectivity index (χ0n) is 14.7. The van der Waals surface area contributed by atoms with Crippen molar-refractivity contribution in [3.63, 3.8) is 0 Å². The Balaban J connectivity index is 1.66. The van der Waals surface area contributed by atoms with E-state index in [-0.39, 0.29) is 11.8 Å². The second-order valence-corrected chi connectivity index (χ2v) is 6.44. The number of carbonyl (C=O) groups excluding carboxylic acids is 2. The molecule has 1 saturated heterocycles. The Kier molecular flexibility index (Phi) is 5.14. The van der Waals surface area contributed by atoms with E-state index in [4.69, 9.17) is 0 Å². The number of benzene rings is 2. The van der Waals surface area contributed by atoms with Gasteiger partial charge in [0.1, 0.15) is 0 Å². The smallest absolute Gasteiger partial charge is 0.255 e. The summed E-state index contributed by atoms with van der Waals surface area (Å²) in [5.74, 6) is -0.146.